The highest BCUT2D eigenvalue weighted by atomic mass is 35.5. The van der Waals surface area contributed by atoms with Crippen molar-refractivity contribution < 1.29 is 0 Å². The molecule has 1 aliphatic heterocycles. The van der Waals surface area contributed by atoms with Gasteiger partial charge < -0.3 is 15.5 Å². The standard InChI is InChI=1S/C14H24ClN5O/c1-14(4-6-16-7-5-14)18-11-10-17-20(9-8-19(2)3)13(21)12(11)15/h10,16,18H,4-9H2,1-3H3. The first-order chi connectivity index (χ1) is 9.91. The zero-order valence-electron chi connectivity index (χ0n) is 12.9. The second kappa shape index (κ2) is 6.77. The van der Waals surface area contributed by atoms with Crippen LogP contribution in [0.4, 0.5) is 5.69 Å². The Morgan fingerprint density at radius 3 is 2.76 bits per heavy atom. The molecule has 7 heteroatoms. The molecule has 2 rings (SSSR count). The SMILES string of the molecule is CN(C)CCn1ncc(NC2(C)CCNCC2)c(Cl)c1=O. The molecule has 0 aromatic carbocycles. The molecule has 0 unspecified atom stereocenters. The Labute approximate surface area is 130 Å². The molecule has 0 saturated carbocycles. The summed E-state index contributed by atoms with van der Waals surface area (Å²) in [5.74, 6) is 0. The number of hydrogen-bond acceptors (Lipinski definition) is 5. The molecule has 6 nitrogen and oxygen atoms in total. The molecule has 0 amide bonds. The maximum Gasteiger partial charge on any atom is 0.287 e. The maximum absolute atomic E-state index is 12.2. The van der Waals surface area contributed by atoms with Gasteiger partial charge in [-0.05, 0) is 47.0 Å². The minimum Gasteiger partial charge on any atom is -0.377 e. The van der Waals surface area contributed by atoms with Crippen molar-refractivity contribution >= 4 is 17.3 Å². The van der Waals surface area contributed by atoms with Crippen molar-refractivity contribution in [2.75, 3.05) is 39.0 Å². The van der Waals surface area contributed by atoms with Gasteiger partial charge >= 0.3 is 0 Å². The van der Waals surface area contributed by atoms with E-state index >= 15 is 0 Å². The van der Waals surface area contributed by atoms with Gasteiger partial charge in [0.15, 0.2) is 0 Å². The normalized spacial score (nSPS) is 18.0. The molecule has 1 fully saturated rings. The lowest BCUT2D eigenvalue weighted by Gasteiger charge is -2.36. The van der Waals surface area contributed by atoms with Gasteiger partial charge in [0.25, 0.3) is 5.56 Å². The first-order valence-electron chi connectivity index (χ1n) is 7.30. The van der Waals surface area contributed by atoms with Crippen LogP contribution in [0.5, 0.6) is 0 Å². The van der Waals surface area contributed by atoms with Gasteiger partial charge in [0.2, 0.25) is 0 Å². The minimum atomic E-state index is -0.235. The van der Waals surface area contributed by atoms with Gasteiger partial charge in [0.1, 0.15) is 5.02 Å². The summed E-state index contributed by atoms with van der Waals surface area (Å²) in [5, 5.41) is 11.2. The monoisotopic (exact) mass is 313 g/mol. The van der Waals surface area contributed by atoms with E-state index in [4.69, 9.17) is 11.6 Å². The first kappa shape index (κ1) is 16.3. The number of halogens is 1. The number of hydrogen-bond donors (Lipinski definition) is 2. The third-order valence-corrected chi connectivity index (χ3v) is 4.25. The summed E-state index contributed by atoms with van der Waals surface area (Å²) >= 11 is 6.23. The summed E-state index contributed by atoms with van der Waals surface area (Å²) in [6.07, 6.45) is 3.65. The number of likely N-dealkylation sites (N-methyl/N-ethyl adjacent to an activating group) is 1. The fourth-order valence-corrected chi connectivity index (χ4v) is 2.63. The summed E-state index contributed by atoms with van der Waals surface area (Å²) in [6.45, 7) is 5.37. The predicted octanol–water partition coefficient (Wildman–Crippen LogP) is 1.01. The maximum atomic E-state index is 12.2. The fraction of sp³-hybridized carbons (Fsp3) is 0.714. The number of nitrogens with zero attached hydrogens (tertiary/aromatic N) is 3. The second-order valence-corrected chi connectivity index (χ2v) is 6.52. The minimum absolute atomic E-state index is 0.0428. The summed E-state index contributed by atoms with van der Waals surface area (Å²) in [6, 6.07) is 0. The molecule has 2 heterocycles. The number of piperidine rings is 1. The topological polar surface area (TPSA) is 62.2 Å². The van der Waals surface area contributed by atoms with E-state index in [1.165, 1.54) is 4.68 Å². The van der Waals surface area contributed by atoms with E-state index in [1.54, 1.807) is 6.20 Å². The van der Waals surface area contributed by atoms with Crippen LogP contribution < -0.4 is 16.2 Å². The largest absolute Gasteiger partial charge is 0.377 e. The van der Waals surface area contributed by atoms with Crippen molar-refractivity contribution in [3.05, 3.63) is 21.6 Å². The molecule has 0 radical (unpaired) electrons. The molecule has 21 heavy (non-hydrogen) atoms. The van der Waals surface area contributed by atoms with Crippen LogP contribution in [0.3, 0.4) is 0 Å². The van der Waals surface area contributed by atoms with Crippen molar-refractivity contribution in [3.8, 4) is 0 Å². The number of aromatic nitrogens is 2. The number of nitrogens with one attached hydrogen (secondary N) is 2. The van der Waals surface area contributed by atoms with Crippen LogP contribution in [0.1, 0.15) is 19.8 Å². The quantitative estimate of drug-likeness (QED) is 0.849. The summed E-state index contributed by atoms with van der Waals surface area (Å²) in [5.41, 5.74) is 0.354. The van der Waals surface area contributed by atoms with Crippen LogP contribution in [-0.4, -0.2) is 53.9 Å². The summed E-state index contributed by atoms with van der Waals surface area (Å²) in [7, 11) is 3.92. The van der Waals surface area contributed by atoms with E-state index in [0.717, 1.165) is 32.5 Å². The van der Waals surface area contributed by atoms with Gasteiger partial charge in [-0.1, -0.05) is 11.6 Å². The van der Waals surface area contributed by atoms with Crippen molar-refractivity contribution in [3.63, 3.8) is 0 Å². The van der Waals surface area contributed by atoms with Crippen LogP contribution in [0.25, 0.3) is 0 Å². The molecule has 0 atom stereocenters. The Kier molecular flexibility index (Phi) is 5.24. The molecular weight excluding hydrogens is 290 g/mol. The Morgan fingerprint density at radius 1 is 1.48 bits per heavy atom. The number of anilines is 1. The zero-order valence-corrected chi connectivity index (χ0v) is 13.7. The van der Waals surface area contributed by atoms with E-state index < -0.39 is 0 Å². The Balaban J connectivity index is 2.14. The van der Waals surface area contributed by atoms with Crippen LogP contribution in [0, 0.1) is 0 Å². The molecule has 118 valence electrons. The van der Waals surface area contributed by atoms with Gasteiger partial charge in [-0.2, -0.15) is 5.10 Å². The Bertz CT molecular complexity index is 537. The Morgan fingerprint density at radius 2 is 2.14 bits per heavy atom. The third-order valence-electron chi connectivity index (χ3n) is 3.89. The van der Waals surface area contributed by atoms with E-state index in [-0.39, 0.29) is 16.1 Å². The van der Waals surface area contributed by atoms with E-state index in [9.17, 15) is 4.79 Å². The average Bonchev–Trinajstić information content (AvgIpc) is 2.43. The van der Waals surface area contributed by atoms with E-state index in [0.29, 0.717) is 12.2 Å². The molecule has 1 aromatic heterocycles. The zero-order chi connectivity index (χ0) is 15.5. The van der Waals surface area contributed by atoms with Gasteiger partial charge in [-0.25, -0.2) is 4.68 Å². The highest BCUT2D eigenvalue weighted by molar-refractivity contribution is 6.32. The van der Waals surface area contributed by atoms with Crippen LogP contribution in [-0.2, 0) is 6.54 Å². The molecule has 0 bridgehead atoms. The van der Waals surface area contributed by atoms with Gasteiger partial charge in [-0.3, -0.25) is 4.79 Å². The van der Waals surface area contributed by atoms with E-state index in [1.807, 2.05) is 19.0 Å². The van der Waals surface area contributed by atoms with Crippen molar-refractivity contribution in [2.45, 2.75) is 31.8 Å². The lowest BCUT2D eigenvalue weighted by molar-refractivity contribution is 0.362. The first-order valence-corrected chi connectivity index (χ1v) is 7.68. The number of rotatable bonds is 5. The van der Waals surface area contributed by atoms with Crippen LogP contribution >= 0.6 is 11.6 Å². The Hall–Kier alpha value is -1.11. The average molecular weight is 314 g/mol. The molecule has 0 aliphatic carbocycles. The molecular formula is C14H24ClN5O. The second-order valence-electron chi connectivity index (χ2n) is 6.14. The van der Waals surface area contributed by atoms with Crippen molar-refractivity contribution in [1.29, 1.82) is 0 Å². The predicted molar refractivity (Wildman–Crippen MR) is 86.2 cm³/mol. The molecule has 2 N–H and O–H groups in total. The highest BCUT2D eigenvalue weighted by Crippen LogP contribution is 2.26. The van der Waals surface area contributed by atoms with Gasteiger partial charge in [0, 0.05) is 12.1 Å². The van der Waals surface area contributed by atoms with E-state index in [2.05, 4.69) is 22.7 Å². The lowest BCUT2D eigenvalue weighted by Crippen LogP contribution is -2.45. The van der Waals surface area contributed by atoms with Crippen molar-refractivity contribution in [1.82, 2.24) is 20.0 Å². The lowest BCUT2D eigenvalue weighted by atomic mass is 9.90. The molecule has 0 spiro atoms. The summed E-state index contributed by atoms with van der Waals surface area (Å²) in [4.78, 5) is 14.2. The summed E-state index contributed by atoms with van der Waals surface area (Å²) < 4.78 is 1.41. The van der Waals surface area contributed by atoms with Crippen molar-refractivity contribution in [2.24, 2.45) is 0 Å². The molecule has 1 aliphatic rings. The molecule has 1 aromatic rings. The molecule has 1 saturated heterocycles. The smallest absolute Gasteiger partial charge is 0.287 e. The highest BCUT2D eigenvalue weighted by Gasteiger charge is 2.27. The van der Waals surface area contributed by atoms with Gasteiger partial charge in [-0.15, -0.1) is 0 Å². The van der Waals surface area contributed by atoms with Gasteiger partial charge in [0.05, 0.1) is 18.4 Å². The fourth-order valence-electron chi connectivity index (χ4n) is 2.43. The third kappa shape index (κ3) is 4.18. The van der Waals surface area contributed by atoms with Crippen LogP contribution in [0.15, 0.2) is 11.0 Å². The van der Waals surface area contributed by atoms with Crippen LogP contribution in [0.2, 0.25) is 5.02 Å².